The predicted molar refractivity (Wildman–Crippen MR) is 230 cm³/mol. The number of carbonyl (C=O) groups excluding carboxylic acids is 4. The number of hydrogen-bond acceptors (Lipinski definition) is 11. The molecule has 13 heteroatoms. The summed E-state index contributed by atoms with van der Waals surface area (Å²) >= 11 is 0. The lowest BCUT2D eigenvalue weighted by atomic mass is 9.44. The number of fused-ring (bicyclic) bond motifs is 6. The van der Waals surface area contributed by atoms with Crippen LogP contribution >= 0.6 is 0 Å². The Morgan fingerprint density at radius 3 is 2.37 bits per heavy atom. The molecule has 1 amide bonds. The molecular formula is C49H51FN4O8. The number of esters is 2. The lowest BCUT2D eigenvalue weighted by molar-refractivity contribution is -0.209. The second kappa shape index (κ2) is 16.1. The van der Waals surface area contributed by atoms with Gasteiger partial charge in [0.2, 0.25) is 5.91 Å². The number of amides is 1. The fraction of sp³-hybridized carbons (Fsp3) is 0.388. The highest BCUT2D eigenvalue weighted by Gasteiger charge is 2.75. The number of nitrogens with two attached hydrogens (primary N) is 1. The molecule has 0 radical (unpaired) electrons. The summed E-state index contributed by atoms with van der Waals surface area (Å²) in [6.45, 7) is 4.85. The van der Waals surface area contributed by atoms with E-state index in [1.165, 1.54) is 36.4 Å². The summed E-state index contributed by atoms with van der Waals surface area (Å²) in [5.41, 5.74) is 2.65. The van der Waals surface area contributed by atoms with Gasteiger partial charge >= 0.3 is 11.9 Å². The number of carbonyl (C=O) groups is 4. The molecule has 4 aromatic rings. The van der Waals surface area contributed by atoms with Crippen molar-refractivity contribution in [2.45, 2.75) is 76.4 Å². The molecular weight excluding hydrogens is 792 g/mol. The summed E-state index contributed by atoms with van der Waals surface area (Å²) in [5.74, 6) is -3.97. The number of halogens is 1. The Labute approximate surface area is 358 Å². The number of ether oxygens (including phenoxy) is 2. The van der Waals surface area contributed by atoms with Crippen molar-refractivity contribution >= 4 is 45.8 Å². The van der Waals surface area contributed by atoms with Crippen LogP contribution in [0, 0.1) is 34.0 Å². The van der Waals surface area contributed by atoms with Gasteiger partial charge in [0.25, 0.3) is 0 Å². The third-order valence-electron chi connectivity index (χ3n) is 14.6. The molecule has 12 nitrogen and oxygen atoms in total. The van der Waals surface area contributed by atoms with Gasteiger partial charge in [0.15, 0.2) is 11.5 Å². The fourth-order valence-electron chi connectivity index (χ4n) is 11.1. The van der Waals surface area contributed by atoms with Gasteiger partial charge in [0, 0.05) is 46.8 Å². The number of benzene rings is 3. The molecule has 4 aliphatic carbocycles. The second-order valence-electron chi connectivity index (χ2n) is 17.8. The lowest BCUT2D eigenvalue weighted by Gasteiger charge is -2.62. The Hall–Kier alpha value is -5.89. The molecule has 6 N–H and O–H groups in total. The summed E-state index contributed by atoms with van der Waals surface area (Å²) in [4.78, 5) is 55.6. The maximum absolute atomic E-state index is 17.5. The summed E-state index contributed by atoms with van der Waals surface area (Å²) < 4.78 is 28.6. The predicted octanol–water partition coefficient (Wildman–Crippen LogP) is 6.80. The van der Waals surface area contributed by atoms with Crippen LogP contribution in [-0.2, 0) is 25.7 Å². The van der Waals surface area contributed by atoms with Gasteiger partial charge in [-0.05, 0) is 116 Å². The second-order valence-corrected chi connectivity index (χ2v) is 17.8. The summed E-state index contributed by atoms with van der Waals surface area (Å²) in [6, 6.07) is 20.2. The molecule has 4 aliphatic rings. The molecule has 3 fully saturated rings. The Balaban J connectivity index is 0.850. The van der Waals surface area contributed by atoms with Crippen LogP contribution in [0.15, 0.2) is 109 Å². The van der Waals surface area contributed by atoms with Gasteiger partial charge in [-0.3, -0.25) is 14.6 Å². The van der Waals surface area contributed by atoms with Crippen molar-refractivity contribution in [3.63, 3.8) is 0 Å². The van der Waals surface area contributed by atoms with Crippen LogP contribution in [-0.4, -0.2) is 75.1 Å². The van der Waals surface area contributed by atoms with Crippen LogP contribution in [0.5, 0.6) is 0 Å². The topological polar surface area (TPSA) is 202 Å². The van der Waals surface area contributed by atoms with Crippen LogP contribution in [0.3, 0.4) is 0 Å². The number of anilines is 1. The minimum atomic E-state index is -2.07. The number of allylic oxidation sites excluding steroid dienone is 4. The third kappa shape index (κ3) is 6.96. The molecule has 0 saturated heterocycles. The van der Waals surface area contributed by atoms with Gasteiger partial charge in [0.05, 0.1) is 28.9 Å². The van der Waals surface area contributed by atoms with E-state index in [4.69, 9.17) is 20.6 Å². The summed E-state index contributed by atoms with van der Waals surface area (Å²) in [7, 11) is 0. The SMILES string of the molecule is C[C@@H]1C[C@H]2[C@@H]3CCC4=CC(=O)C=C[C@]4(C)[C@@]3(F)[C@@H](O)C[C@]2(C)[C@@]1(O)C(=N)COC(=O)c1ccc(C(=O)OCc2ccc([C@@H](CN)C(=O)Nc3ccc4cnccc4c3)cc2)cc1. The van der Waals surface area contributed by atoms with Crippen molar-refractivity contribution in [1.82, 2.24) is 4.98 Å². The zero-order valence-electron chi connectivity index (χ0n) is 34.9. The van der Waals surface area contributed by atoms with E-state index < -0.39 is 64.5 Å². The molecule has 9 atom stereocenters. The zero-order chi connectivity index (χ0) is 44.2. The number of rotatable bonds is 11. The summed E-state index contributed by atoms with van der Waals surface area (Å²) in [5, 5.41) is 37.9. The first-order valence-electron chi connectivity index (χ1n) is 21.0. The lowest BCUT2D eigenvalue weighted by Crippen LogP contribution is -2.69. The van der Waals surface area contributed by atoms with Gasteiger partial charge in [-0.15, -0.1) is 0 Å². The van der Waals surface area contributed by atoms with E-state index in [0.29, 0.717) is 41.6 Å². The van der Waals surface area contributed by atoms with Gasteiger partial charge in [-0.1, -0.05) is 55.8 Å². The molecule has 1 aromatic heterocycles. The average Bonchev–Trinajstić information content (AvgIpc) is 3.47. The number of alkyl halides is 1. The number of ketones is 1. The normalized spacial score (nSPS) is 30.3. The Bertz CT molecular complexity index is 2520. The first kappa shape index (κ1) is 42.8. The Morgan fingerprint density at radius 1 is 0.984 bits per heavy atom. The van der Waals surface area contributed by atoms with Crippen molar-refractivity contribution in [1.29, 1.82) is 5.41 Å². The number of nitrogens with one attached hydrogen (secondary N) is 2. The highest BCUT2D eigenvalue weighted by atomic mass is 19.1. The molecule has 322 valence electrons. The van der Waals surface area contributed by atoms with Crippen molar-refractivity contribution in [2.24, 2.45) is 34.3 Å². The number of nitrogens with zero attached hydrogens (tertiary/aromatic N) is 1. The quantitative estimate of drug-likeness (QED) is 0.0790. The molecule has 62 heavy (non-hydrogen) atoms. The van der Waals surface area contributed by atoms with Crippen LogP contribution in [0.1, 0.15) is 84.2 Å². The first-order valence-corrected chi connectivity index (χ1v) is 21.0. The van der Waals surface area contributed by atoms with Crippen LogP contribution < -0.4 is 11.1 Å². The van der Waals surface area contributed by atoms with Gasteiger partial charge < -0.3 is 36.1 Å². The van der Waals surface area contributed by atoms with E-state index in [1.54, 1.807) is 63.5 Å². The van der Waals surface area contributed by atoms with Crippen molar-refractivity contribution in [3.05, 3.63) is 131 Å². The number of pyridine rings is 1. The van der Waals surface area contributed by atoms with Gasteiger partial charge in [0.1, 0.15) is 18.8 Å². The van der Waals surface area contributed by atoms with E-state index in [2.05, 4.69) is 10.3 Å². The number of aromatic nitrogens is 1. The number of hydrogen-bond donors (Lipinski definition) is 5. The molecule has 3 aromatic carbocycles. The first-order chi connectivity index (χ1) is 29.5. The average molecular weight is 843 g/mol. The van der Waals surface area contributed by atoms with E-state index in [-0.39, 0.29) is 54.0 Å². The van der Waals surface area contributed by atoms with Crippen LogP contribution in [0.25, 0.3) is 10.8 Å². The molecule has 1 heterocycles. The van der Waals surface area contributed by atoms with Crippen molar-refractivity contribution in [2.75, 3.05) is 18.5 Å². The Morgan fingerprint density at radius 2 is 1.68 bits per heavy atom. The molecule has 0 bridgehead atoms. The minimum Gasteiger partial charge on any atom is -0.457 e. The molecule has 0 spiro atoms. The minimum absolute atomic E-state index is 0.0445. The number of aliphatic hydroxyl groups excluding tert-OH is 1. The largest absolute Gasteiger partial charge is 0.457 e. The summed E-state index contributed by atoms with van der Waals surface area (Å²) in [6.07, 6.45) is 7.56. The van der Waals surface area contributed by atoms with Crippen LogP contribution in [0.2, 0.25) is 0 Å². The smallest absolute Gasteiger partial charge is 0.338 e. The van der Waals surface area contributed by atoms with E-state index in [0.717, 1.165) is 10.8 Å². The highest BCUT2D eigenvalue weighted by Crippen LogP contribution is 2.70. The molecule has 8 rings (SSSR count). The molecule has 3 saturated carbocycles. The fourth-order valence-corrected chi connectivity index (χ4v) is 11.1. The van der Waals surface area contributed by atoms with E-state index >= 15 is 4.39 Å². The van der Waals surface area contributed by atoms with E-state index in [1.807, 2.05) is 24.3 Å². The maximum Gasteiger partial charge on any atom is 0.338 e. The van der Waals surface area contributed by atoms with Gasteiger partial charge in [-0.25, -0.2) is 14.0 Å². The monoisotopic (exact) mass is 842 g/mol. The molecule has 0 unspecified atom stereocenters. The van der Waals surface area contributed by atoms with E-state index in [9.17, 15) is 29.4 Å². The van der Waals surface area contributed by atoms with Gasteiger partial charge in [-0.2, -0.15) is 0 Å². The number of aliphatic hydroxyl groups is 2. The standard InChI is InChI=1S/C49H51FN4O8/c1-28-20-40-39-15-13-35-22-37(55)16-18-46(35,2)48(39,50)42(56)23-47(40,3)49(28,60)41(52)27-62-45(59)32-10-8-31(9-11-32)44(58)61-26-29-4-6-30(7-5-29)38(24-51)43(57)54-36-14-12-34-25-53-19-17-33(34)21-36/h4-12,14,16-19,21-22,25,28,38-40,42,52,56,60H,13,15,20,23-24,26-27,51H2,1-3H3,(H,54,57)/t28-,38-,39+,40+,42+,46+,47+,48+,49+/m1/s1. The third-order valence-corrected chi connectivity index (χ3v) is 14.6. The maximum atomic E-state index is 17.5. The highest BCUT2D eigenvalue weighted by molar-refractivity contribution is 6.01. The molecule has 0 aliphatic heterocycles. The van der Waals surface area contributed by atoms with Crippen molar-refractivity contribution in [3.8, 4) is 0 Å². The Kier molecular flexibility index (Phi) is 11.1. The zero-order valence-corrected chi connectivity index (χ0v) is 34.9. The van der Waals surface area contributed by atoms with Crippen molar-refractivity contribution < 1.29 is 43.3 Å². The van der Waals surface area contributed by atoms with Crippen LogP contribution in [0.4, 0.5) is 10.1 Å².